The molecule has 0 bridgehead atoms. The first-order valence-electron chi connectivity index (χ1n) is 18.1. The van der Waals surface area contributed by atoms with Gasteiger partial charge < -0.3 is 0 Å². The molecule has 0 spiro atoms. The summed E-state index contributed by atoms with van der Waals surface area (Å²) in [6.45, 7) is 8.86. The molecule has 53 heavy (non-hydrogen) atoms. The van der Waals surface area contributed by atoms with Crippen molar-refractivity contribution in [3.05, 3.63) is 230 Å². The van der Waals surface area contributed by atoms with Gasteiger partial charge in [0.25, 0.3) is 0 Å². The molecule has 2 aromatic heterocycles. The van der Waals surface area contributed by atoms with Gasteiger partial charge in [-0.3, -0.25) is 0 Å². The summed E-state index contributed by atoms with van der Waals surface area (Å²) in [5.74, 6) is -0.0482. The average molecular weight is 801 g/mol. The molecular weight excluding hydrogens is 758 g/mol. The van der Waals surface area contributed by atoms with Crippen LogP contribution in [-0.2, 0) is 16.5 Å². The molecule has 2 nitrogen and oxygen atoms in total. The van der Waals surface area contributed by atoms with Crippen molar-refractivity contribution in [3.8, 4) is 16.9 Å². The molecule has 0 radical (unpaired) electrons. The van der Waals surface area contributed by atoms with E-state index in [2.05, 4.69) is 207 Å². The number of hydrogen-bond donors (Lipinski definition) is 0. The van der Waals surface area contributed by atoms with Crippen molar-refractivity contribution < 1.29 is 16.5 Å². The summed E-state index contributed by atoms with van der Waals surface area (Å²) in [6.07, 6.45) is 2.32. The zero-order chi connectivity index (χ0) is 36.5. The normalized spacial score (nSPS) is 12.2. The fourth-order valence-electron chi connectivity index (χ4n) is 8.33. The van der Waals surface area contributed by atoms with E-state index < -0.39 is 0 Å². The third-order valence-electron chi connectivity index (χ3n) is 10.3. The van der Waals surface area contributed by atoms with E-state index in [0.29, 0.717) is 0 Å². The predicted molar refractivity (Wildman–Crippen MR) is 218 cm³/mol. The van der Waals surface area contributed by atoms with Crippen LogP contribution in [0.2, 0.25) is 0 Å². The number of nitrogens with zero attached hydrogens (tertiary/aromatic N) is 2. The molecular formula is C49H42ClN2Pd. The topological polar surface area (TPSA) is 9.34 Å². The van der Waals surface area contributed by atoms with Gasteiger partial charge in [-0.25, -0.2) is 0 Å². The molecule has 4 heteroatoms. The second-order valence-electron chi connectivity index (χ2n) is 14.0. The van der Waals surface area contributed by atoms with Crippen LogP contribution in [0.25, 0.3) is 22.5 Å². The number of aromatic nitrogens is 2. The molecule has 0 atom stereocenters. The molecule has 265 valence electrons. The van der Waals surface area contributed by atoms with Gasteiger partial charge in [-0.15, -0.1) is 0 Å². The van der Waals surface area contributed by atoms with Gasteiger partial charge in [0.05, 0.1) is 0 Å². The summed E-state index contributed by atoms with van der Waals surface area (Å²) >= 11 is -0.248. The first kappa shape index (κ1) is 35.0. The van der Waals surface area contributed by atoms with Crippen molar-refractivity contribution in [1.82, 2.24) is 8.97 Å². The molecule has 0 saturated heterocycles. The third kappa shape index (κ3) is 6.71. The van der Waals surface area contributed by atoms with Crippen LogP contribution in [0.1, 0.15) is 67.5 Å². The second kappa shape index (κ2) is 15.1. The van der Waals surface area contributed by atoms with Crippen molar-refractivity contribution in [2.75, 3.05) is 0 Å². The number of fused-ring (bicyclic) bond motifs is 1. The zero-order valence-corrected chi connectivity index (χ0v) is 32.7. The quantitative estimate of drug-likeness (QED) is 0.107. The first-order valence-corrected chi connectivity index (χ1v) is 20.9. The van der Waals surface area contributed by atoms with Gasteiger partial charge in [0.15, 0.2) is 0 Å². The van der Waals surface area contributed by atoms with Gasteiger partial charge >= 0.3 is 327 Å². The molecule has 0 saturated carbocycles. The summed E-state index contributed by atoms with van der Waals surface area (Å²) in [7, 11) is 7.24. The Hall–Kier alpha value is -5.04. The Labute approximate surface area is 324 Å². The SMILES string of the molecule is Cc1cc(C)c(-c2cccc3cn(-c4c(C(c5ccccc5)c5ccccc5)cc(C)cc4C(c4ccccc4)c4ccccc4)[c](=[Pd][Cl])n23)c(C)c1. The van der Waals surface area contributed by atoms with Crippen molar-refractivity contribution >= 4 is 15.0 Å². The Balaban J connectivity index is 1.53. The molecule has 0 aliphatic heterocycles. The van der Waals surface area contributed by atoms with Crippen molar-refractivity contribution in [2.45, 2.75) is 39.5 Å². The Kier molecular flexibility index (Phi) is 10.00. The van der Waals surface area contributed by atoms with E-state index in [-0.39, 0.29) is 28.3 Å². The number of halogens is 1. The molecule has 0 aliphatic carbocycles. The first-order chi connectivity index (χ1) is 25.9. The molecule has 0 amide bonds. The molecule has 8 aromatic rings. The van der Waals surface area contributed by atoms with E-state index in [0.717, 1.165) is 15.1 Å². The van der Waals surface area contributed by atoms with Crippen molar-refractivity contribution in [1.29, 1.82) is 0 Å². The monoisotopic (exact) mass is 799 g/mol. The summed E-state index contributed by atoms with van der Waals surface area (Å²) in [5, 5.41) is 0. The van der Waals surface area contributed by atoms with Crippen LogP contribution < -0.4 is 0 Å². The Morgan fingerprint density at radius 1 is 0.491 bits per heavy atom. The number of imidazole rings is 1. The fourth-order valence-corrected chi connectivity index (χ4v) is 9.92. The third-order valence-corrected chi connectivity index (χ3v) is 11.9. The van der Waals surface area contributed by atoms with Crippen LogP contribution in [0.15, 0.2) is 170 Å². The summed E-state index contributed by atoms with van der Waals surface area (Å²) in [5.41, 5.74) is 17.2. The second-order valence-corrected chi connectivity index (χ2v) is 15.7. The van der Waals surface area contributed by atoms with E-state index in [1.54, 1.807) is 0 Å². The number of rotatable bonds is 8. The molecule has 6 aromatic carbocycles. The molecule has 0 unspecified atom stereocenters. The molecule has 2 heterocycles. The molecule has 0 N–H and O–H groups in total. The van der Waals surface area contributed by atoms with Crippen LogP contribution in [-0.4, -0.2) is 8.97 Å². The van der Waals surface area contributed by atoms with Crippen molar-refractivity contribution in [2.24, 2.45) is 0 Å². The van der Waals surface area contributed by atoms with E-state index in [1.165, 1.54) is 66.9 Å². The minimum atomic E-state index is -0.248. The van der Waals surface area contributed by atoms with E-state index in [1.807, 2.05) is 0 Å². The minimum absolute atomic E-state index is 0.0241. The maximum absolute atomic E-state index is 7.24. The summed E-state index contributed by atoms with van der Waals surface area (Å²) in [4.78, 5) is 0. The van der Waals surface area contributed by atoms with E-state index in [9.17, 15) is 0 Å². The number of benzene rings is 6. The average Bonchev–Trinajstić information content (AvgIpc) is 3.55. The Morgan fingerprint density at radius 2 is 0.906 bits per heavy atom. The van der Waals surface area contributed by atoms with Gasteiger partial charge in [0.1, 0.15) is 0 Å². The number of pyridine rings is 1. The predicted octanol–water partition coefficient (Wildman–Crippen LogP) is 12.8. The van der Waals surface area contributed by atoms with Gasteiger partial charge in [-0.2, -0.15) is 0 Å². The molecule has 8 rings (SSSR count). The maximum atomic E-state index is 7.24. The van der Waals surface area contributed by atoms with Crippen LogP contribution in [0.3, 0.4) is 0 Å². The zero-order valence-electron chi connectivity index (χ0n) is 30.4. The van der Waals surface area contributed by atoms with Gasteiger partial charge in [-0.05, 0) is 0 Å². The summed E-state index contributed by atoms with van der Waals surface area (Å²) in [6, 6.07) is 59.8. The molecule has 0 aliphatic rings. The number of aryl methyl sites for hydroxylation is 4. The van der Waals surface area contributed by atoms with Crippen LogP contribution in [0.4, 0.5) is 0 Å². The van der Waals surface area contributed by atoms with E-state index >= 15 is 0 Å². The van der Waals surface area contributed by atoms with Gasteiger partial charge in [-0.1, -0.05) is 0 Å². The van der Waals surface area contributed by atoms with Gasteiger partial charge in [0, 0.05) is 0 Å². The van der Waals surface area contributed by atoms with Crippen LogP contribution in [0, 0.1) is 31.6 Å². The van der Waals surface area contributed by atoms with Crippen molar-refractivity contribution in [3.63, 3.8) is 0 Å². The Bertz CT molecular complexity index is 2400. The standard InChI is InChI=1S/C49H42N2.ClH.Pd/c1-34-28-36(3)46(37(4)29-34)45-27-17-26-42-32-50(33-51(42)45)49-43(47(38-18-9-5-10-19-38)39-20-11-6-12-21-39)30-35(2)31-44(49)48(40-22-13-7-14-23-40)41-24-15-8-16-25-41;;/h5-32,47-48H,1-4H3;1H;/q;;+1/p-1. The van der Waals surface area contributed by atoms with E-state index in [4.69, 9.17) is 9.53 Å². The summed E-state index contributed by atoms with van der Waals surface area (Å²) < 4.78 is 5.90. The van der Waals surface area contributed by atoms with Gasteiger partial charge in [0.2, 0.25) is 0 Å². The molecule has 0 fully saturated rings. The Morgan fingerprint density at radius 3 is 1.32 bits per heavy atom. The number of hydrogen-bond acceptors (Lipinski definition) is 0. The van der Waals surface area contributed by atoms with Crippen LogP contribution in [0.5, 0.6) is 0 Å². The fraction of sp³-hybridized carbons (Fsp3) is 0.122. The van der Waals surface area contributed by atoms with Crippen LogP contribution >= 0.6 is 9.53 Å².